The number of aliphatic hydroxyl groups is 22. The molecule has 1 unspecified atom stereocenters. The molecule has 3 saturated carbocycles. The molecule has 0 aromatic rings. The van der Waals surface area contributed by atoms with Crippen LogP contribution in [0.1, 0.15) is 86.0 Å². The summed E-state index contributed by atoms with van der Waals surface area (Å²) < 4.78 is 133. The number of fused-ring (bicyclic) bond motifs is 7. The Morgan fingerprint density at radius 1 is 0.513 bits per heavy atom. The summed E-state index contributed by atoms with van der Waals surface area (Å²) in [6.07, 6.45) is -61.2. The molecule has 46 heteroatoms. The van der Waals surface area contributed by atoms with Crippen LogP contribution in [0, 0.1) is 28.6 Å². The molecule has 4 aliphatic carbocycles. The molecule has 680 valence electrons. The third kappa shape index (κ3) is 20.0. The van der Waals surface area contributed by atoms with E-state index in [1.807, 2.05) is 6.08 Å². The van der Waals surface area contributed by atoms with Gasteiger partial charge in [-0.3, -0.25) is 9.59 Å². The number of Topliss-reactive ketones (excluding diaryl/α,β-unsaturated/α-hetero) is 1. The third-order valence-electron chi connectivity index (χ3n) is 25.1. The zero-order chi connectivity index (χ0) is 86.3. The second-order valence-electron chi connectivity index (χ2n) is 32.5. The Kier molecular flexibility index (Phi) is 34.8. The van der Waals surface area contributed by atoms with Gasteiger partial charge in [0.25, 0.3) is 0 Å². The number of rotatable bonds is 16. The van der Waals surface area contributed by atoms with Crippen molar-refractivity contribution in [3.8, 4) is 0 Å². The van der Waals surface area contributed by atoms with Gasteiger partial charge in [0.05, 0.1) is 68.1 Å². The molecule has 44 atom stereocenters. The maximum Gasteiger partial charge on any atom is 1.00 e. The first-order chi connectivity index (χ1) is 55.9. The minimum Gasteiger partial charge on any atom is -0.748 e. The van der Waals surface area contributed by atoms with Crippen molar-refractivity contribution in [1.82, 2.24) is 0 Å². The van der Waals surface area contributed by atoms with Gasteiger partial charge in [0.1, 0.15) is 171 Å². The summed E-state index contributed by atoms with van der Waals surface area (Å²) in [5, 5.41) is 241. The second kappa shape index (κ2) is 41.7. The number of carbonyl (C=O) groups excluding carboxylic acids is 2. The number of ketones is 2. The Balaban J connectivity index is 0.000000351. The number of hydrogen-bond donors (Lipinski definition) is 22. The summed E-state index contributed by atoms with van der Waals surface area (Å²) in [6.45, 7) is 2.76. The van der Waals surface area contributed by atoms with Crippen LogP contribution in [-0.4, -0.2) is 441 Å². The average Bonchev–Trinajstić information content (AvgIpc) is 1.51. The maximum absolute atomic E-state index is 13.2. The predicted octanol–water partition coefficient (Wildman–Crippen LogP) is -14.1. The van der Waals surface area contributed by atoms with Crippen LogP contribution < -0.4 is 29.6 Å². The van der Waals surface area contributed by atoms with Crippen molar-refractivity contribution in [2.75, 3.05) is 65.2 Å². The molecule has 14 bridgehead atoms. The minimum absolute atomic E-state index is 0. The Labute approximate surface area is 705 Å². The van der Waals surface area contributed by atoms with Gasteiger partial charge >= 0.3 is 29.6 Å². The Morgan fingerprint density at radius 2 is 0.874 bits per heavy atom. The van der Waals surface area contributed by atoms with Gasteiger partial charge in [-0.1, -0.05) is 38.8 Å². The largest absolute Gasteiger partial charge is 1.00 e. The van der Waals surface area contributed by atoms with Crippen LogP contribution in [0.25, 0.3) is 0 Å². The number of hydrogen-bond acceptors (Lipinski definition) is 44. The molecule has 0 aromatic heterocycles. The summed E-state index contributed by atoms with van der Waals surface area (Å²) in [7, 11) is -4.60. The molecule has 0 radical (unpaired) electrons. The van der Waals surface area contributed by atoms with E-state index < -0.39 is 307 Å². The van der Waals surface area contributed by atoms with Gasteiger partial charge in [-0.15, -0.1) is 0 Å². The van der Waals surface area contributed by atoms with E-state index in [1.165, 1.54) is 6.92 Å². The smallest absolute Gasteiger partial charge is 0.748 e. The van der Waals surface area contributed by atoms with Crippen molar-refractivity contribution in [1.29, 1.82) is 0 Å². The van der Waals surface area contributed by atoms with E-state index in [9.17, 15) is 130 Å². The monoisotopic (exact) mass is 1750 g/mol. The standard InChI is InChI=1S/C46H78O37S.C25H34O6.C2H6O.Na/c1-12-33-19(52)26(59)40(70-12)78-34-13(6-47)71-41(27(60)20(34)53)79-35-14(7-48)72-42(28(61)21(35)54)80-36-15(8-49)73-43(29(62)22(36)55)81-37-16(9-50)74-44(30(63)23(37)56)82-38-17(10-51)75-45(31(64)24(38)57)83-39-18(76-46(77-33)32(65)25(39)58)11-69-4-2-3-5-84(66,67)68;1-4-5-21-30-20-11-17-16-7-6-14-10-15(27)8-9-23(14,2)22(16)18(28)12-24(17,3)25(20,31-21)19(29)13-26;1-2-3;/h12-65H,2-11H2,1H3,(H,66,67,68);8-10,16-18,20-22,26,28H,4-7,11-13H2,1-3H3;3H,2H2,1H3;/q;;;+1/p-1/t12-,13-,14-,15-,16-,17-,18-,19-,20-,21-,22-,23-,24-,25-,26-,27-,28-,29-,30-,31-,32-,33-,34-,35-,36-,37-,38-,39-,40-,41-,42-,43-,44-,45-,46-;16-,17-,18-,20+,21?,22+,23-,24-,25+;;/m10../s1. The van der Waals surface area contributed by atoms with Crippen LogP contribution >= 0.6 is 0 Å². The van der Waals surface area contributed by atoms with E-state index in [0.29, 0.717) is 19.3 Å². The molecule has 25 fully saturated rings. The van der Waals surface area contributed by atoms with Gasteiger partial charge < -0.3 is 197 Å². The molecule has 0 aromatic carbocycles. The predicted molar refractivity (Wildman–Crippen MR) is 380 cm³/mol. The fourth-order valence-corrected chi connectivity index (χ4v) is 19.7. The Morgan fingerprint density at radius 3 is 1.24 bits per heavy atom. The minimum atomic E-state index is -4.60. The van der Waals surface area contributed by atoms with E-state index >= 15 is 0 Å². The molecule has 0 spiro atoms. The van der Waals surface area contributed by atoms with Crippen molar-refractivity contribution in [2.24, 2.45) is 28.6 Å². The van der Waals surface area contributed by atoms with E-state index in [0.717, 1.165) is 24.8 Å². The first-order valence-corrected chi connectivity index (χ1v) is 41.4. The van der Waals surface area contributed by atoms with Gasteiger partial charge in [0, 0.05) is 35.7 Å². The zero-order valence-electron chi connectivity index (χ0n) is 66.4. The fraction of sp³-hybridized carbons (Fsp3) is 0.918. The SMILES string of the molecule is CCCC1O[C@@H]2C[C@H]3[C@@H]4CCC5=CC(=O)C=C[C@]5(C)[C@H]4[C@@H](O)C[C@]3(C)[C@]2(C(=O)CO)O1.CCO.C[C@H]1O[C@@H]2O[C@H]3[C@H](O)[C@@H](O)[C@@H](O[C@H]4[C@H](O)[C@@H](O)[C@@H](O[C@H]5[C@H](O)[C@@H](O)[C@@H](O[C@H]6[C@H](O)[C@@H](O)[C@@H](O[C@H]7[C@H](O)[C@@H](O)[C@@H](O[C@H]8[C@H](O)[C@@H](O)[C@@H](O[C@H]1[C@H](O)[C@H]2O)O[C@@H]8COCCCCS(=O)(=O)[O-])O[C@@H]7CO)O[C@@H]6CO)O[C@@H]5CO)O[C@@H]4CO)O[C@@H]3CO.[Na+]. The normalized spacial score (nSPS) is 49.9. The van der Waals surface area contributed by atoms with Crippen LogP contribution in [0.3, 0.4) is 0 Å². The summed E-state index contributed by atoms with van der Waals surface area (Å²) in [4.78, 5) is 25.2. The number of allylic oxidation sites excluding steroid dienone is 4. The number of unbranched alkanes of at least 4 members (excludes halogenated alkanes) is 1. The van der Waals surface area contributed by atoms with E-state index in [-0.39, 0.29) is 90.3 Å². The molecular weight excluding hydrogens is 1640 g/mol. The molecule has 22 saturated heterocycles. The first-order valence-electron chi connectivity index (χ1n) is 39.9. The van der Waals surface area contributed by atoms with Crippen LogP contribution in [0.2, 0.25) is 0 Å². The maximum atomic E-state index is 13.2. The summed E-state index contributed by atoms with van der Waals surface area (Å²) >= 11 is 0. The molecule has 26 aliphatic rings. The van der Waals surface area contributed by atoms with Crippen LogP contribution in [0.5, 0.6) is 0 Å². The van der Waals surface area contributed by atoms with E-state index in [2.05, 4.69) is 20.8 Å². The quantitative estimate of drug-likeness (QED) is 0.0388. The summed E-state index contributed by atoms with van der Waals surface area (Å²) in [5.41, 5.74) is -1.05. The van der Waals surface area contributed by atoms with Gasteiger partial charge in [-0.25, -0.2) is 8.42 Å². The van der Waals surface area contributed by atoms with Gasteiger partial charge in [0.15, 0.2) is 67.5 Å². The molecule has 22 heterocycles. The van der Waals surface area contributed by atoms with Gasteiger partial charge in [-0.2, -0.15) is 0 Å². The summed E-state index contributed by atoms with van der Waals surface area (Å²) in [5.74, 6) is -0.713. The molecule has 26 rings (SSSR count). The van der Waals surface area contributed by atoms with Crippen molar-refractivity contribution in [3.05, 3.63) is 23.8 Å². The third-order valence-corrected chi connectivity index (χ3v) is 25.9. The average molecular weight is 1750 g/mol. The van der Waals surface area contributed by atoms with Crippen molar-refractivity contribution in [3.63, 3.8) is 0 Å². The molecule has 0 amide bonds. The van der Waals surface area contributed by atoms with Crippen LogP contribution in [-0.2, 0) is 100 Å². The number of ether oxygens (including phenoxy) is 17. The van der Waals surface area contributed by atoms with Crippen molar-refractivity contribution >= 4 is 21.7 Å². The van der Waals surface area contributed by atoms with Gasteiger partial charge in [-0.05, 0) is 82.8 Å². The first kappa shape index (κ1) is 99.3. The number of carbonyl (C=O) groups is 2. The molecule has 44 nitrogen and oxygen atoms in total. The molecule has 119 heavy (non-hydrogen) atoms. The Bertz CT molecular complexity index is 3420. The van der Waals surface area contributed by atoms with E-state index in [4.69, 9.17) is 85.6 Å². The fourth-order valence-electron chi connectivity index (χ4n) is 19.2. The van der Waals surface area contributed by atoms with Crippen LogP contribution in [0.15, 0.2) is 23.8 Å². The van der Waals surface area contributed by atoms with E-state index in [1.54, 1.807) is 19.1 Å². The molecular formula is C73H117NaO44S. The number of aliphatic hydroxyl groups excluding tert-OH is 22. The topological polar surface area (TPSA) is 693 Å². The van der Waals surface area contributed by atoms with Crippen molar-refractivity contribution < 1.29 is 245 Å². The van der Waals surface area contributed by atoms with Crippen molar-refractivity contribution in [2.45, 2.75) is 325 Å². The van der Waals surface area contributed by atoms with Crippen LogP contribution in [0.4, 0.5) is 0 Å². The Hall–Kier alpha value is -1.83. The molecule has 22 aliphatic heterocycles. The second-order valence-corrected chi connectivity index (χ2v) is 34.1. The molecule has 22 N–H and O–H groups in total. The van der Waals surface area contributed by atoms with Gasteiger partial charge in [0.2, 0.25) is 0 Å². The zero-order valence-corrected chi connectivity index (χ0v) is 69.2. The summed E-state index contributed by atoms with van der Waals surface area (Å²) in [6, 6.07) is 0.